The molecule has 1 aromatic carbocycles. The Morgan fingerprint density at radius 3 is 2.36 bits per heavy atom. The van der Waals surface area contributed by atoms with Gasteiger partial charge < -0.3 is 10.5 Å². The number of methoxy groups -OCH3 is 1. The minimum absolute atomic E-state index is 0.234. The van der Waals surface area contributed by atoms with E-state index in [1.807, 2.05) is 0 Å². The van der Waals surface area contributed by atoms with Crippen molar-refractivity contribution in [3.8, 4) is 0 Å². The lowest BCUT2D eigenvalue weighted by atomic mass is 10.1. The summed E-state index contributed by atoms with van der Waals surface area (Å²) in [6, 6.07) is 4.35. The third-order valence-corrected chi connectivity index (χ3v) is 1.88. The summed E-state index contributed by atoms with van der Waals surface area (Å²) in [6.07, 6.45) is 0. The summed E-state index contributed by atoms with van der Waals surface area (Å²) in [7, 11) is 1.26. The second-order valence-electron chi connectivity index (χ2n) is 2.62. The zero-order valence-corrected chi connectivity index (χ0v) is 8.38. The first-order valence-corrected chi connectivity index (χ1v) is 4.21. The van der Waals surface area contributed by atoms with Gasteiger partial charge in [0.05, 0.1) is 12.7 Å². The van der Waals surface area contributed by atoms with Crippen molar-refractivity contribution in [2.75, 3.05) is 7.11 Å². The van der Waals surface area contributed by atoms with Crippen molar-refractivity contribution >= 4 is 24.5 Å². The van der Waals surface area contributed by atoms with Crippen LogP contribution in [0.2, 0.25) is 0 Å². The summed E-state index contributed by atoms with van der Waals surface area (Å²) < 4.78 is 4.50. The molecule has 1 rings (SSSR count). The largest absolute Gasteiger partial charge is 0.465 e. The Kier molecular flexibility index (Phi) is 3.14. The first-order chi connectivity index (χ1) is 6.54. The molecular weight excluding hydrogens is 202 g/mol. The first-order valence-electron chi connectivity index (χ1n) is 3.76. The van der Waals surface area contributed by atoms with E-state index in [1.54, 1.807) is 0 Å². The van der Waals surface area contributed by atoms with Crippen LogP contribution < -0.4 is 5.73 Å². The van der Waals surface area contributed by atoms with Gasteiger partial charge in [0.25, 0.3) is 0 Å². The number of hydrogen-bond acceptors (Lipinski definition) is 4. The molecule has 4 nitrogen and oxygen atoms in total. The third-order valence-electron chi connectivity index (χ3n) is 1.62. The zero-order valence-electron chi connectivity index (χ0n) is 7.48. The highest BCUT2D eigenvalue weighted by Crippen LogP contribution is 2.14. The molecule has 0 spiro atoms. The monoisotopic (exact) mass is 211 g/mol. The van der Waals surface area contributed by atoms with Crippen LogP contribution in [0.1, 0.15) is 20.7 Å². The highest BCUT2D eigenvalue weighted by molar-refractivity contribution is 7.80. The second-order valence-corrected chi connectivity index (χ2v) is 3.14. The molecule has 0 heterocycles. The fourth-order valence-corrected chi connectivity index (χ4v) is 1.27. The number of amides is 1. The minimum atomic E-state index is -0.606. The number of esters is 1. The van der Waals surface area contributed by atoms with Crippen LogP contribution in [0.5, 0.6) is 0 Å². The lowest BCUT2D eigenvalue weighted by molar-refractivity contribution is 0.0600. The predicted octanol–water partition coefficient (Wildman–Crippen LogP) is 0.861. The van der Waals surface area contributed by atoms with E-state index in [9.17, 15) is 9.59 Å². The molecule has 0 saturated heterocycles. The van der Waals surface area contributed by atoms with Crippen LogP contribution in [-0.2, 0) is 4.74 Å². The maximum atomic E-state index is 11.1. The van der Waals surface area contributed by atoms with Gasteiger partial charge in [-0.1, -0.05) is 0 Å². The van der Waals surface area contributed by atoms with Gasteiger partial charge >= 0.3 is 5.97 Å². The SMILES string of the molecule is COC(=O)c1cc(S)cc(C(N)=O)c1. The molecule has 0 unspecified atom stereocenters. The molecule has 0 bridgehead atoms. The van der Waals surface area contributed by atoms with E-state index >= 15 is 0 Å². The van der Waals surface area contributed by atoms with E-state index in [0.717, 1.165) is 0 Å². The molecule has 0 aliphatic heterocycles. The van der Waals surface area contributed by atoms with E-state index in [1.165, 1.54) is 25.3 Å². The maximum absolute atomic E-state index is 11.1. The van der Waals surface area contributed by atoms with Crippen LogP contribution in [0.15, 0.2) is 23.1 Å². The Hall–Kier alpha value is -1.49. The Morgan fingerprint density at radius 2 is 1.86 bits per heavy atom. The van der Waals surface area contributed by atoms with Crippen LogP contribution in [0.3, 0.4) is 0 Å². The molecule has 0 aliphatic rings. The van der Waals surface area contributed by atoms with Gasteiger partial charge in [0, 0.05) is 10.5 Å². The minimum Gasteiger partial charge on any atom is -0.465 e. The first kappa shape index (κ1) is 10.6. The van der Waals surface area contributed by atoms with Crippen LogP contribution >= 0.6 is 12.6 Å². The number of thiol groups is 1. The molecule has 0 aromatic heterocycles. The number of hydrogen-bond donors (Lipinski definition) is 2. The standard InChI is InChI=1S/C9H9NO3S/c1-13-9(12)6-2-5(8(10)11)3-7(14)4-6/h2-4,14H,1H3,(H2,10,11). The van der Waals surface area contributed by atoms with Crippen molar-refractivity contribution in [1.82, 2.24) is 0 Å². The number of nitrogens with two attached hydrogens (primary N) is 1. The Balaban J connectivity index is 3.20. The zero-order chi connectivity index (χ0) is 10.7. The van der Waals surface area contributed by atoms with Crippen LogP contribution in [-0.4, -0.2) is 19.0 Å². The average molecular weight is 211 g/mol. The Morgan fingerprint density at radius 1 is 1.29 bits per heavy atom. The van der Waals surface area contributed by atoms with Gasteiger partial charge in [0.2, 0.25) is 5.91 Å². The Bertz CT molecular complexity index is 390. The van der Waals surface area contributed by atoms with Gasteiger partial charge in [-0.05, 0) is 18.2 Å². The quantitative estimate of drug-likeness (QED) is 0.563. The fourth-order valence-electron chi connectivity index (χ4n) is 0.989. The summed E-state index contributed by atoms with van der Waals surface area (Å²) in [5.74, 6) is -1.13. The molecular formula is C9H9NO3S. The fraction of sp³-hybridized carbons (Fsp3) is 0.111. The molecule has 0 atom stereocenters. The molecule has 14 heavy (non-hydrogen) atoms. The van der Waals surface area contributed by atoms with E-state index in [-0.39, 0.29) is 11.1 Å². The van der Waals surface area contributed by atoms with Crippen molar-refractivity contribution in [2.45, 2.75) is 4.90 Å². The second kappa shape index (κ2) is 4.15. The van der Waals surface area contributed by atoms with Crippen molar-refractivity contribution in [3.05, 3.63) is 29.3 Å². The summed E-state index contributed by atoms with van der Waals surface area (Å²) in [5, 5.41) is 0. The Labute approximate surface area is 86.5 Å². The number of primary amides is 1. The van der Waals surface area contributed by atoms with Crippen LogP contribution in [0, 0.1) is 0 Å². The van der Waals surface area contributed by atoms with Gasteiger partial charge in [-0.3, -0.25) is 4.79 Å². The maximum Gasteiger partial charge on any atom is 0.337 e. The normalized spacial score (nSPS) is 9.57. The predicted molar refractivity (Wildman–Crippen MR) is 53.6 cm³/mol. The topological polar surface area (TPSA) is 69.4 Å². The summed E-state index contributed by atoms with van der Waals surface area (Å²) in [4.78, 5) is 22.5. The summed E-state index contributed by atoms with van der Waals surface area (Å²) in [5.41, 5.74) is 5.56. The van der Waals surface area contributed by atoms with Crippen molar-refractivity contribution in [3.63, 3.8) is 0 Å². The van der Waals surface area contributed by atoms with Gasteiger partial charge in [-0.15, -0.1) is 12.6 Å². The number of carbonyl (C=O) groups is 2. The summed E-state index contributed by atoms with van der Waals surface area (Å²) in [6.45, 7) is 0. The smallest absolute Gasteiger partial charge is 0.337 e. The van der Waals surface area contributed by atoms with Crippen LogP contribution in [0.4, 0.5) is 0 Å². The van der Waals surface area contributed by atoms with Crippen LogP contribution in [0.25, 0.3) is 0 Å². The van der Waals surface area contributed by atoms with Gasteiger partial charge in [-0.25, -0.2) is 4.79 Å². The molecule has 2 N–H and O–H groups in total. The number of ether oxygens (including phenoxy) is 1. The molecule has 0 saturated carbocycles. The molecule has 0 radical (unpaired) electrons. The number of benzene rings is 1. The van der Waals surface area contributed by atoms with Gasteiger partial charge in [-0.2, -0.15) is 0 Å². The lowest BCUT2D eigenvalue weighted by Crippen LogP contribution is -2.12. The number of rotatable bonds is 2. The third kappa shape index (κ3) is 2.26. The van der Waals surface area contributed by atoms with Crippen molar-refractivity contribution < 1.29 is 14.3 Å². The number of carbonyl (C=O) groups excluding carboxylic acids is 2. The molecule has 74 valence electrons. The van der Waals surface area contributed by atoms with E-state index in [2.05, 4.69) is 17.4 Å². The van der Waals surface area contributed by atoms with Gasteiger partial charge in [0.1, 0.15) is 0 Å². The highest BCUT2D eigenvalue weighted by atomic mass is 32.1. The van der Waals surface area contributed by atoms with Crippen molar-refractivity contribution in [1.29, 1.82) is 0 Å². The molecule has 0 aliphatic carbocycles. The van der Waals surface area contributed by atoms with E-state index in [4.69, 9.17) is 5.73 Å². The highest BCUT2D eigenvalue weighted by Gasteiger charge is 2.09. The molecule has 1 amide bonds. The van der Waals surface area contributed by atoms with E-state index < -0.39 is 11.9 Å². The van der Waals surface area contributed by atoms with E-state index in [0.29, 0.717) is 4.90 Å². The molecule has 1 aromatic rings. The average Bonchev–Trinajstić information content (AvgIpc) is 2.15. The van der Waals surface area contributed by atoms with Gasteiger partial charge in [0.15, 0.2) is 0 Å². The van der Waals surface area contributed by atoms with Crippen molar-refractivity contribution in [2.24, 2.45) is 5.73 Å². The summed E-state index contributed by atoms with van der Waals surface area (Å²) >= 11 is 4.04. The molecule has 5 heteroatoms. The lowest BCUT2D eigenvalue weighted by Gasteiger charge is -2.02. The molecule has 0 fully saturated rings.